The van der Waals surface area contributed by atoms with Crippen LogP contribution in [0.25, 0.3) is 11.4 Å². The summed E-state index contributed by atoms with van der Waals surface area (Å²) in [5, 5.41) is 8.36. The van der Waals surface area contributed by atoms with Crippen LogP contribution in [0.2, 0.25) is 0 Å². The molecule has 1 aliphatic heterocycles. The van der Waals surface area contributed by atoms with Crippen molar-refractivity contribution in [2.45, 2.75) is 6.92 Å². The molecule has 1 amide bonds. The molecule has 0 bridgehead atoms. The highest BCUT2D eigenvalue weighted by molar-refractivity contribution is 5.84. The maximum Gasteiger partial charge on any atom is 0.226 e. The number of nitrogens with two attached hydrogens (primary N) is 1. The Labute approximate surface area is 116 Å². The number of rotatable bonds is 3. The molecular weight excluding hydrogens is 254 g/mol. The van der Waals surface area contributed by atoms with E-state index in [0.717, 1.165) is 17.2 Å². The molecule has 1 aliphatic rings. The first-order valence-corrected chi connectivity index (χ1v) is 6.38. The number of primary amides is 1. The first kappa shape index (κ1) is 12.5. The summed E-state index contributed by atoms with van der Waals surface area (Å²) in [7, 11) is 0. The van der Waals surface area contributed by atoms with Crippen LogP contribution >= 0.6 is 0 Å². The molecule has 20 heavy (non-hydrogen) atoms. The Balaban J connectivity index is 1.74. The van der Waals surface area contributed by atoms with E-state index in [4.69, 9.17) is 5.73 Å². The lowest BCUT2D eigenvalue weighted by Gasteiger charge is -2.46. The summed E-state index contributed by atoms with van der Waals surface area (Å²) in [4.78, 5) is 17.5. The topological polar surface area (TPSA) is 85.0 Å². The van der Waals surface area contributed by atoms with E-state index >= 15 is 0 Å². The first-order chi connectivity index (χ1) is 9.58. The third kappa shape index (κ3) is 2.09. The minimum absolute atomic E-state index is 0.271. The van der Waals surface area contributed by atoms with Gasteiger partial charge in [0.2, 0.25) is 5.91 Å². The standard InChI is InChI=1S/C14H15N5O/c1-14(13(15)20)8-19(9-14)12-6-5-11(17-18-12)10-4-2-3-7-16-10/h2-7H,8-9H2,1H3,(H2,15,20). The number of carbonyl (C=O) groups is 1. The van der Waals surface area contributed by atoms with Crippen molar-refractivity contribution in [2.75, 3.05) is 18.0 Å². The van der Waals surface area contributed by atoms with E-state index < -0.39 is 5.41 Å². The Hall–Kier alpha value is -2.50. The van der Waals surface area contributed by atoms with Gasteiger partial charge in [0.05, 0.1) is 11.1 Å². The quantitative estimate of drug-likeness (QED) is 0.892. The van der Waals surface area contributed by atoms with E-state index in [-0.39, 0.29) is 5.91 Å². The summed E-state index contributed by atoms with van der Waals surface area (Å²) in [6.07, 6.45) is 1.72. The molecule has 0 spiro atoms. The summed E-state index contributed by atoms with van der Waals surface area (Å²) in [6.45, 7) is 3.03. The molecule has 6 nitrogen and oxygen atoms in total. The van der Waals surface area contributed by atoms with Crippen LogP contribution in [0, 0.1) is 5.41 Å². The molecule has 0 atom stereocenters. The molecule has 0 aromatic carbocycles. The molecule has 1 saturated heterocycles. The molecule has 2 aromatic heterocycles. The molecule has 0 aliphatic carbocycles. The van der Waals surface area contributed by atoms with Crippen LogP contribution in [0.15, 0.2) is 36.5 Å². The predicted octanol–water partition coefficient (Wildman–Crippen LogP) is 0.850. The van der Waals surface area contributed by atoms with Gasteiger partial charge in [-0.1, -0.05) is 6.07 Å². The summed E-state index contributed by atoms with van der Waals surface area (Å²) < 4.78 is 0. The molecule has 3 heterocycles. The Kier molecular flexibility index (Phi) is 2.85. The minimum Gasteiger partial charge on any atom is -0.369 e. The third-order valence-electron chi connectivity index (χ3n) is 3.58. The van der Waals surface area contributed by atoms with E-state index in [2.05, 4.69) is 15.2 Å². The molecule has 0 radical (unpaired) electrons. The molecule has 0 saturated carbocycles. The zero-order valence-corrected chi connectivity index (χ0v) is 11.2. The smallest absolute Gasteiger partial charge is 0.226 e. The molecule has 2 aromatic rings. The average Bonchev–Trinajstić information content (AvgIpc) is 2.45. The molecule has 6 heteroatoms. The van der Waals surface area contributed by atoms with Crippen molar-refractivity contribution in [2.24, 2.45) is 11.1 Å². The van der Waals surface area contributed by atoms with Gasteiger partial charge in [-0.25, -0.2) is 0 Å². The molecule has 102 valence electrons. The third-order valence-corrected chi connectivity index (χ3v) is 3.58. The van der Waals surface area contributed by atoms with Gasteiger partial charge < -0.3 is 10.6 Å². The van der Waals surface area contributed by atoms with Crippen molar-refractivity contribution in [1.29, 1.82) is 0 Å². The van der Waals surface area contributed by atoms with Crippen LogP contribution in [0.4, 0.5) is 5.82 Å². The zero-order chi connectivity index (χ0) is 14.2. The molecule has 0 unspecified atom stereocenters. The van der Waals surface area contributed by atoms with Gasteiger partial charge >= 0.3 is 0 Å². The molecule has 1 fully saturated rings. The number of carbonyl (C=O) groups excluding carboxylic acids is 1. The van der Waals surface area contributed by atoms with Gasteiger partial charge in [-0.15, -0.1) is 10.2 Å². The maximum absolute atomic E-state index is 11.3. The summed E-state index contributed by atoms with van der Waals surface area (Å²) in [5.41, 5.74) is 6.42. The Morgan fingerprint density at radius 1 is 1.20 bits per heavy atom. The van der Waals surface area contributed by atoms with Crippen LogP contribution < -0.4 is 10.6 Å². The number of pyridine rings is 1. The fourth-order valence-electron chi connectivity index (χ4n) is 2.26. The highest BCUT2D eigenvalue weighted by atomic mass is 16.1. The first-order valence-electron chi connectivity index (χ1n) is 6.38. The molecular formula is C14H15N5O. The fraction of sp³-hybridized carbons (Fsp3) is 0.286. The Morgan fingerprint density at radius 2 is 2.00 bits per heavy atom. The summed E-state index contributed by atoms with van der Waals surface area (Å²) in [6, 6.07) is 9.42. The van der Waals surface area contributed by atoms with Gasteiger partial charge in [-0.3, -0.25) is 9.78 Å². The predicted molar refractivity (Wildman–Crippen MR) is 74.8 cm³/mol. The van der Waals surface area contributed by atoms with E-state index in [0.29, 0.717) is 13.1 Å². The fourth-order valence-corrected chi connectivity index (χ4v) is 2.26. The minimum atomic E-state index is -0.457. The lowest BCUT2D eigenvalue weighted by atomic mass is 9.81. The van der Waals surface area contributed by atoms with E-state index in [1.807, 2.05) is 42.2 Å². The van der Waals surface area contributed by atoms with Gasteiger partial charge in [0.15, 0.2) is 5.82 Å². The summed E-state index contributed by atoms with van der Waals surface area (Å²) in [5.74, 6) is 0.482. The number of nitrogens with zero attached hydrogens (tertiary/aromatic N) is 4. The van der Waals surface area contributed by atoms with Crippen molar-refractivity contribution in [1.82, 2.24) is 15.2 Å². The van der Waals surface area contributed by atoms with Gasteiger partial charge in [-0.05, 0) is 31.2 Å². The molecule has 3 rings (SSSR count). The van der Waals surface area contributed by atoms with Crippen LogP contribution in [0.3, 0.4) is 0 Å². The lowest BCUT2D eigenvalue weighted by molar-refractivity contribution is -0.128. The van der Waals surface area contributed by atoms with Gasteiger partial charge in [0, 0.05) is 19.3 Å². The largest absolute Gasteiger partial charge is 0.369 e. The highest BCUT2D eigenvalue weighted by Gasteiger charge is 2.44. The average molecular weight is 269 g/mol. The lowest BCUT2D eigenvalue weighted by Crippen LogP contribution is -2.61. The van der Waals surface area contributed by atoms with Crippen LogP contribution in [0.1, 0.15) is 6.92 Å². The van der Waals surface area contributed by atoms with Crippen LogP contribution in [-0.4, -0.2) is 34.2 Å². The summed E-state index contributed by atoms with van der Waals surface area (Å²) >= 11 is 0. The van der Waals surface area contributed by atoms with Crippen molar-refractivity contribution in [3.8, 4) is 11.4 Å². The number of hydrogen-bond acceptors (Lipinski definition) is 5. The second-order valence-electron chi connectivity index (χ2n) is 5.27. The Morgan fingerprint density at radius 3 is 2.55 bits per heavy atom. The van der Waals surface area contributed by atoms with E-state index in [1.54, 1.807) is 6.20 Å². The maximum atomic E-state index is 11.3. The second-order valence-corrected chi connectivity index (χ2v) is 5.27. The number of hydrogen-bond donors (Lipinski definition) is 1. The van der Waals surface area contributed by atoms with Crippen molar-refractivity contribution >= 4 is 11.7 Å². The van der Waals surface area contributed by atoms with Crippen molar-refractivity contribution < 1.29 is 4.79 Å². The van der Waals surface area contributed by atoms with Gasteiger partial charge in [0.1, 0.15) is 5.69 Å². The number of anilines is 1. The van der Waals surface area contributed by atoms with Gasteiger partial charge in [-0.2, -0.15) is 0 Å². The van der Waals surface area contributed by atoms with Crippen molar-refractivity contribution in [3.63, 3.8) is 0 Å². The van der Waals surface area contributed by atoms with Gasteiger partial charge in [0.25, 0.3) is 0 Å². The van der Waals surface area contributed by atoms with E-state index in [1.165, 1.54) is 0 Å². The number of aromatic nitrogens is 3. The highest BCUT2D eigenvalue weighted by Crippen LogP contribution is 2.32. The normalized spacial score (nSPS) is 16.6. The number of amides is 1. The SMILES string of the molecule is CC1(C(N)=O)CN(c2ccc(-c3ccccn3)nn2)C1. The van der Waals surface area contributed by atoms with Crippen LogP contribution in [-0.2, 0) is 4.79 Å². The van der Waals surface area contributed by atoms with Crippen LogP contribution in [0.5, 0.6) is 0 Å². The second kappa shape index (κ2) is 4.56. The zero-order valence-electron chi connectivity index (χ0n) is 11.2. The van der Waals surface area contributed by atoms with E-state index in [9.17, 15) is 4.79 Å². The Bertz CT molecular complexity index is 620. The monoisotopic (exact) mass is 269 g/mol. The van der Waals surface area contributed by atoms with Crippen molar-refractivity contribution in [3.05, 3.63) is 36.5 Å². The molecule has 2 N–H and O–H groups in total.